The fourth-order valence-electron chi connectivity index (χ4n) is 21.3. The highest BCUT2D eigenvalue weighted by molar-refractivity contribution is 6.20. The van der Waals surface area contributed by atoms with Gasteiger partial charge in [-0.3, -0.25) is 15.0 Å². The van der Waals surface area contributed by atoms with Crippen LogP contribution in [0.3, 0.4) is 0 Å². The molecule has 12 nitrogen and oxygen atoms in total. The summed E-state index contributed by atoms with van der Waals surface area (Å²) in [5.74, 6) is 2.65. The third kappa shape index (κ3) is 14.2. The normalized spacial score (nSPS) is 11.7. The van der Waals surface area contributed by atoms with Crippen LogP contribution in [0.15, 0.2) is 498 Å². The number of aromatic nitrogens is 12. The minimum absolute atomic E-state index is 0.641. The molecule has 29 aromatic rings. The lowest BCUT2D eigenvalue weighted by atomic mass is 9.99. The second-order valence-corrected chi connectivity index (χ2v) is 36.0. The first-order chi connectivity index (χ1) is 70.4. The summed E-state index contributed by atoms with van der Waals surface area (Å²) < 4.78 is 9.55. The Morgan fingerprint density at radius 2 is 0.415 bits per heavy atom. The molecule has 0 saturated carbocycles. The Morgan fingerprint density at radius 3 is 0.810 bits per heavy atom. The molecule has 20 aromatic carbocycles. The van der Waals surface area contributed by atoms with Gasteiger partial charge in [0.2, 0.25) is 0 Å². The smallest absolute Gasteiger partial charge is 0.164 e. The molecule has 0 N–H and O–H groups in total. The van der Waals surface area contributed by atoms with Crippen LogP contribution in [0.2, 0.25) is 0 Å². The van der Waals surface area contributed by atoms with Gasteiger partial charge in [0.15, 0.2) is 23.3 Å². The van der Waals surface area contributed by atoms with Gasteiger partial charge in [0.05, 0.1) is 89.1 Å². The Hall–Kier alpha value is -19.3. The van der Waals surface area contributed by atoms with Crippen LogP contribution in [0.5, 0.6) is 0 Å². The molecule has 0 aliphatic carbocycles. The highest BCUT2D eigenvalue weighted by Gasteiger charge is 2.25. The number of rotatable bonds is 12. The summed E-state index contributed by atoms with van der Waals surface area (Å²) in [5, 5.41) is 20.1. The quantitative estimate of drug-likeness (QED) is 0.111. The van der Waals surface area contributed by atoms with E-state index >= 15 is 0 Å². The first-order valence-corrected chi connectivity index (χ1v) is 47.9. The van der Waals surface area contributed by atoms with Gasteiger partial charge in [-0.25, -0.2) is 24.9 Å². The van der Waals surface area contributed by atoms with E-state index in [4.69, 9.17) is 39.9 Å². The van der Waals surface area contributed by atoms with Crippen molar-refractivity contribution >= 4 is 152 Å². The number of pyridine rings is 3. The highest BCUT2D eigenvalue weighted by atomic mass is 15.0. The predicted molar refractivity (Wildman–Crippen MR) is 588 cm³/mol. The molecule has 0 aliphatic heterocycles. The van der Waals surface area contributed by atoms with Crippen LogP contribution >= 0.6 is 0 Å². The zero-order valence-electron chi connectivity index (χ0n) is 76.7. The number of hydrogen-bond acceptors (Lipinski definition) is 8. The van der Waals surface area contributed by atoms with Crippen molar-refractivity contribution in [2.45, 2.75) is 0 Å². The molecule has 0 radical (unpaired) electrons. The van der Waals surface area contributed by atoms with Crippen molar-refractivity contribution in [2.24, 2.45) is 0 Å². The van der Waals surface area contributed by atoms with E-state index in [1.165, 1.54) is 98.3 Å². The molecule has 0 aliphatic rings. The van der Waals surface area contributed by atoms with Crippen LogP contribution in [-0.2, 0) is 0 Å². The Labute approximate surface area is 815 Å². The Balaban J connectivity index is 0.000000107. The molecule has 0 amide bonds. The number of para-hydroxylation sites is 5. The Morgan fingerprint density at radius 1 is 0.148 bits per heavy atom. The van der Waals surface area contributed by atoms with E-state index in [2.05, 4.69) is 382 Å². The summed E-state index contributed by atoms with van der Waals surface area (Å²) in [4.78, 5) is 39.5. The lowest BCUT2D eigenvalue weighted by Gasteiger charge is -2.13. The fraction of sp³-hybridized carbons (Fsp3) is 0. The topological polar surface area (TPSA) is 123 Å². The summed E-state index contributed by atoms with van der Waals surface area (Å²) in [7, 11) is 0. The zero-order valence-corrected chi connectivity index (χ0v) is 76.7. The SMILES string of the molecule is c1ccc(-c2cc(-c3cccc(-c4ccc5c(c4)c4ccccc4n5-c4cccc5ccc6cccnc6c45)c3)nc(-c3ccccc3)n2)cc1.c1ccc(-c2nc(-c3ccccc3)nc(-c3ccc4c(c3)c3ccccc3n4-c3cccc4ccc5cccnc5c34)n2)cc1.c1ccc(-n2c3ccccc3c3cc(-c4ccc5c(c4)c4ccccc4n5-c4cccc5ccc6cccnc6c45)ccc32)cc1. The summed E-state index contributed by atoms with van der Waals surface area (Å²) in [6.45, 7) is 0. The largest absolute Gasteiger partial charge is 0.309 e. The molecule has 9 aromatic heterocycles. The fourth-order valence-corrected chi connectivity index (χ4v) is 21.3. The van der Waals surface area contributed by atoms with Gasteiger partial charge in [0.1, 0.15) is 0 Å². The molecule has 0 fully saturated rings. The molecule has 0 atom stereocenters. The van der Waals surface area contributed by atoms with Crippen LogP contribution in [0, 0.1) is 0 Å². The number of benzene rings is 20. The van der Waals surface area contributed by atoms with Crippen LogP contribution in [0.25, 0.3) is 265 Å². The highest BCUT2D eigenvalue weighted by Crippen LogP contribution is 2.46. The summed E-state index contributed by atoms with van der Waals surface area (Å²) >= 11 is 0. The average molecular weight is 1810 g/mol. The first-order valence-electron chi connectivity index (χ1n) is 47.9. The van der Waals surface area contributed by atoms with E-state index < -0.39 is 0 Å². The first kappa shape index (κ1) is 82.2. The minimum atomic E-state index is 0.641. The van der Waals surface area contributed by atoms with Gasteiger partial charge in [0.25, 0.3) is 0 Å². The molecule has 0 saturated heterocycles. The molecular formula is C130H82N12. The third-order valence-electron chi connectivity index (χ3n) is 27.8. The molecule has 9 heterocycles. The van der Waals surface area contributed by atoms with Crippen molar-refractivity contribution in [3.8, 4) is 113 Å². The number of nitrogens with zero attached hydrogens (tertiary/aromatic N) is 12. The molecule has 0 spiro atoms. The summed E-state index contributed by atoms with van der Waals surface area (Å²) in [6, 6.07) is 169. The molecule has 0 bridgehead atoms. The average Bonchev–Trinajstić information content (AvgIpc) is 1.57. The van der Waals surface area contributed by atoms with E-state index in [9.17, 15) is 0 Å². The van der Waals surface area contributed by atoms with Gasteiger partial charge < -0.3 is 18.3 Å². The molecule has 0 unspecified atom stereocenters. The van der Waals surface area contributed by atoms with E-state index in [0.29, 0.717) is 23.3 Å². The molecular weight excluding hydrogens is 1730 g/mol. The van der Waals surface area contributed by atoms with E-state index in [1.54, 1.807) is 0 Å². The molecule has 142 heavy (non-hydrogen) atoms. The number of fused-ring (bicyclic) bond motifs is 21. The van der Waals surface area contributed by atoms with Gasteiger partial charge in [-0.05, 0) is 178 Å². The van der Waals surface area contributed by atoms with E-state index in [-0.39, 0.29) is 0 Å². The predicted octanol–water partition coefficient (Wildman–Crippen LogP) is 32.9. The Kier molecular flexibility index (Phi) is 20.0. The van der Waals surface area contributed by atoms with Crippen LogP contribution in [-0.4, -0.2) is 58.1 Å². The van der Waals surface area contributed by atoms with Gasteiger partial charge in [-0.2, -0.15) is 0 Å². The molecule has 662 valence electrons. The second kappa shape index (κ2) is 34.5. The summed E-state index contributed by atoms with van der Waals surface area (Å²) in [6.07, 6.45) is 5.65. The maximum Gasteiger partial charge on any atom is 0.164 e. The van der Waals surface area contributed by atoms with Crippen molar-refractivity contribution in [3.63, 3.8) is 0 Å². The van der Waals surface area contributed by atoms with Crippen LogP contribution in [0.4, 0.5) is 0 Å². The van der Waals surface area contributed by atoms with E-state index in [1.807, 2.05) is 134 Å². The van der Waals surface area contributed by atoms with Crippen molar-refractivity contribution in [1.82, 2.24) is 58.1 Å². The Bertz CT molecular complexity index is 9960. The maximum atomic E-state index is 5.09. The van der Waals surface area contributed by atoms with Gasteiger partial charge in [-0.15, -0.1) is 0 Å². The van der Waals surface area contributed by atoms with Crippen molar-refractivity contribution in [1.29, 1.82) is 0 Å². The van der Waals surface area contributed by atoms with Gasteiger partial charge in [0, 0.05) is 133 Å². The van der Waals surface area contributed by atoms with Gasteiger partial charge >= 0.3 is 0 Å². The third-order valence-corrected chi connectivity index (χ3v) is 27.8. The standard InChI is InChI=1S/C47H30N4.C43H27N3.C40H25N5/c1-3-12-31(13-4-1)40-30-41(50-47(49-40)34-14-5-2-6-15-34)37-18-9-17-35(28-37)36-25-26-43-39(29-36)38-20-7-8-21-42(38)51(43)44-22-10-16-32-23-24-33-19-11-27-48-46(33)45(32)44;1-2-12-32(13-3-1)45-37-16-6-4-14-33(37)35-26-30(21-23-39(35)45)31-22-24-40-36(27-31)34-15-5-7-17-38(34)46(40)41-18-8-10-28-19-20-29-11-9-25-44-43(29)42(28)41;1-3-11-28(12-4-1)38-42-39(29-13-5-2-6-14-29)44-40(43-38)30-22-23-34-32(25-30)31-17-7-8-18-33(31)45(34)35-19-9-15-26-20-21-27-16-10-24-41-37(27)36(26)35/h1-30H;1-27H;1-25H. The monoisotopic (exact) mass is 1810 g/mol. The van der Waals surface area contributed by atoms with Crippen molar-refractivity contribution in [3.05, 3.63) is 498 Å². The van der Waals surface area contributed by atoms with E-state index in [0.717, 1.165) is 144 Å². The minimum Gasteiger partial charge on any atom is -0.309 e. The van der Waals surface area contributed by atoms with Crippen molar-refractivity contribution in [2.75, 3.05) is 0 Å². The lowest BCUT2D eigenvalue weighted by molar-refractivity contribution is 1.07. The maximum absolute atomic E-state index is 5.09. The molecule has 29 rings (SSSR count). The number of hydrogen-bond donors (Lipinski definition) is 0. The molecule has 12 heteroatoms. The van der Waals surface area contributed by atoms with Crippen LogP contribution < -0.4 is 0 Å². The summed E-state index contributed by atoms with van der Waals surface area (Å²) in [5.41, 5.74) is 29.4. The second-order valence-electron chi connectivity index (χ2n) is 36.0. The van der Waals surface area contributed by atoms with Gasteiger partial charge in [-0.1, -0.05) is 340 Å². The van der Waals surface area contributed by atoms with Crippen LogP contribution in [0.1, 0.15) is 0 Å². The zero-order chi connectivity index (χ0) is 93.7. The lowest BCUT2D eigenvalue weighted by Crippen LogP contribution is -2.00. The van der Waals surface area contributed by atoms with Crippen molar-refractivity contribution < 1.29 is 0 Å².